The number of carbonyl (C=O) groups is 1. The second-order valence-corrected chi connectivity index (χ2v) is 9.60. The summed E-state index contributed by atoms with van der Waals surface area (Å²) in [6.45, 7) is 0.256. The highest BCUT2D eigenvalue weighted by molar-refractivity contribution is 7.89. The van der Waals surface area contributed by atoms with Crippen LogP contribution in [0, 0.1) is 0 Å². The molecular weight excluding hydrogens is 374 g/mol. The van der Waals surface area contributed by atoms with E-state index >= 15 is 0 Å². The zero-order valence-electron chi connectivity index (χ0n) is 15.7. The highest BCUT2D eigenvalue weighted by atomic mass is 35.5. The van der Waals surface area contributed by atoms with Crippen molar-refractivity contribution in [2.24, 2.45) is 0 Å². The fourth-order valence-electron chi connectivity index (χ4n) is 3.22. The number of likely N-dealkylation sites (N-methyl/N-ethyl adjacent to an activating group) is 1. The van der Waals surface area contributed by atoms with Crippen LogP contribution in [0.5, 0.6) is 0 Å². The Labute approximate surface area is 161 Å². The van der Waals surface area contributed by atoms with Crippen LogP contribution < -0.4 is 5.32 Å². The molecule has 1 amide bonds. The lowest BCUT2D eigenvalue weighted by molar-refractivity contribution is -0.117. The van der Waals surface area contributed by atoms with Crippen LogP contribution in [0.3, 0.4) is 0 Å². The first kappa shape index (κ1) is 21.2. The first-order chi connectivity index (χ1) is 12.2. The number of nitrogens with zero attached hydrogens (tertiary/aromatic N) is 2. The lowest BCUT2D eigenvalue weighted by Crippen LogP contribution is -2.37. The van der Waals surface area contributed by atoms with Gasteiger partial charge in [-0.2, -0.15) is 0 Å². The molecule has 1 aromatic rings. The van der Waals surface area contributed by atoms with E-state index in [2.05, 4.69) is 10.2 Å². The van der Waals surface area contributed by atoms with Crippen LogP contribution in [0.1, 0.15) is 38.5 Å². The zero-order chi connectivity index (χ0) is 19.3. The molecule has 1 fully saturated rings. The van der Waals surface area contributed by atoms with Gasteiger partial charge in [0.25, 0.3) is 0 Å². The number of nitrogens with one attached hydrogen (secondary N) is 1. The molecule has 0 atom stereocenters. The number of hydrogen-bond donors (Lipinski definition) is 1. The summed E-state index contributed by atoms with van der Waals surface area (Å²) >= 11 is 6.14. The Morgan fingerprint density at radius 2 is 1.77 bits per heavy atom. The highest BCUT2D eigenvalue weighted by Crippen LogP contribution is 2.27. The van der Waals surface area contributed by atoms with Crippen molar-refractivity contribution in [3.8, 4) is 0 Å². The van der Waals surface area contributed by atoms with E-state index in [4.69, 9.17) is 11.6 Å². The molecule has 0 unspecified atom stereocenters. The molecule has 0 bridgehead atoms. The smallest absolute Gasteiger partial charge is 0.242 e. The van der Waals surface area contributed by atoms with Gasteiger partial charge in [-0.1, -0.05) is 37.3 Å². The van der Waals surface area contributed by atoms with Gasteiger partial charge in [-0.05, 0) is 38.1 Å². The Balaban J connectivity index is 2.06. The maximum Gasteiger partial charge on any atom is 0.242 e. The molecule has 6 nitrogen and oxygen atoms in total. The highest BCUT2D eigenvalue weighted by Gasteiger charge is 2.21. The quantitative estimate of drug-likeness (QED) is 0.743. The normalized spacial score (nSPS) is 16.7. The topological polar surface area (TPSA) is 69.7 Å². The molecule has 1 aliphatic carbocycles. The average molecular weight is 402 g/mol. The Bertz CT molecular complexity index is 729. The summed E-state index contributed by atoms with van der Waals surface area (Å²) in [5.41, 5.74) is 0.314. The SMILES string of the molecule is CN(CC(=O)Nc1cc(S(=O)(=O)N(C)C)ccc1Cl)C1CCCCCC1. The van der Waals surface area contributed by atoms with Crippen molar-refractivity contribution >= 4 is 33.2 Å². The molecule has 1 N–H and O–H groups in total. The number of carbonyl (C=O) groups excluding carboxylic acids is 1. The van der Waals surface area contributed by atoms with Crippen LogP contribution in [0.4, 0.5) is 5.69 Å². The van der Waals surface area contributed by atoms with E-state index in [0.717, 1.165) is 17.1 Å². The Hall–Kier alpha value is -1.15. The summed E-state index contributed by atoms with van der Waals surface area (Å²) < 4.78 is 25.6. The van der Waals surface area contributed by atoms with E-state index in [1.54, 1.807) is 0 Å². The minimum absolute atomic E-state index is 0.0966. The van der Waals surface area contributed by atoms with Crippen LogP contribution >= 0.6 is 11.6 Å². The number of halogens is 1. The van der Waals surface area contributed by atoms with E-state index in [-0.39, 0.29) is 17.3 Å². The number of rotatable bonds is 6. The van der Waals surface area contributed by atoms with Gasteiger partial charge in [0.2, 0.25) is 15.9 Å². The molecule has 2 rings (SSSR count). The molecule has 8 heteroatoms. The summed E-state index contributed by atoms with van der Waals surface area (Å²) in [4.78, 5) is 14.6. The molecule has 0 saturated heterocycles. The van der Waals surface area contributed by atoms with Crippen molar-refractivity contribution in [3.05, 3.63) is 23.2 Å². The second kappa shape index (κ2) is 9.17. The molecule has 0 aromatic heterocycles. The maximum atomic E-state index is 12.4. The van der Waals surface area contributed by atoms with Gasteiger partial charge < -0.3 is 5.32 Å². The van der Waals surface area contributed by atoms with Gasteiger partial charge in [-0.25, -0.2) is 12.7 Å². The third-order valence-corrected chi connectivity index (χ3v) is 6.97. The molecule has 1 aromatic carbocycles. The summed E-state index contributed by atoms with van der Waals surface area (Å²) in [6.07, 6.45) is 7.15. The van der Waals surface area contributed by atoms with Crippen LogP contribution in [0.25, 0.3) is 0 Å². The van der Waals surface area contributed by atoms with Gasteiger partial charge in [-0.3, -0.25) is 9.69 Å². The first-order valence-corrected chi connectivity index (χ1v) is 10.8. The van der Waals surface area contributed by atoms with Crippen molar-refractivity contribution in [3.63, 3.8) is 0 Å². The Kier molecular flexibility index (Phi) is 7.46. The van der Waals surface area contributed by atoms with Crippen molar-refractivity contribution in [1.29, 1.82) is 0 Å². The van der Waals surface area contributed by atoms with Gasteiger partial charge in [0.05, 0.1) is 22.2 Å². The monoisotopic (exact) mass is 401 g/mol. The van der Waals surface area contributed by atoms with Crippen molar-refractivity contribution in [2.75, 3.05) is 33.0 Å². The molecule has 0 radical (unpaired) electrons. The molecule has 26 heavy (non-hydrogen) atoms. The standard InChI is InChI=1S/C18H28ClN3O3S/c1-21(2)26(24,25)15-10-11-16(19)17(12-15)20-18(23)13-22(3)14-8-6-4-5-7-9-14/h10-12,14H,4-9,13H2,1-3H3,(H,20,23). The van der Waals surface area contributed by atoms with Crippen LogP contribution in [-0.2, 0) is 14.8 Å². The average Bonchev–Trinajstić information content (AvgIpc) is 2.85. The van der Waals surface area contributed by atoms with Gasteiger partial charge in [-0.15, -0.1) is 0 Å². The maximum absolute atomic E-state index is 12.4. The summed E-state index contributed by atoms with van der Waals surface area (Å²) in [6, 6.07) is 4.74. The van der Waals surface area contributed by atoms with E-state index in [1.807, 2.05) is 7.05 Å². The molecule has 146 valence electrons. The number of hydrogen-bond acceptors (Lipinski definition) is 4. The lowest BCUT2D eigenvalue weighted by Gasteiger charge is -2.26. The predicted octanol–water partition coefficient (Wildman–Crippen LogP) is 3.18. The second-order valence-electron chi connectivity index (χ2n) is 7.04. The number of sulfonamides is 1. The minimum Gasteiger partial charge on any atom is -0.324 e. The van der Waals surface area contributed by atoms with Crippen molar-refractivity contribution in [1.82, 2.24) is 9.21 Å². The Morgan fingerprint density at radius 3 is 2.35 bits per heavy atom. The summed E-state index contributed by atoms with van der Waals surface area (Å²) in [5, 5.41) is 3.06. The molecule has 0 heterocycles. The third-order valence-electron chi connectivity index (χ3n) is 4.83. The number of amides is 1. The van der Waals surface area contributed by atoms with Gasteiger partial charge in [0, 0.05) is 20.1 Å². The van der Waals surface area contributed by atoms with Crippen molar-refractivity contribution < 1.29 is 13.2 Å². The Morgan fingerprint density at radius 1 is 1.15 bits per heavy atom. The largest absolute Gasteiger partial charge is 0.324 e. The first-order valence-electron chi connectivity index (χ1n) is 8.94. The number of benzene rings is 1. The molecular formula is C18H28ClN3O3S. The van der Waals surface area contributed by atoms with Crippen LogP contribution in [-0.4, -0.2) is 57.3 Å². The molecule has 0 aliphatic heterocycles. The van der Waals surface area contributed by atoms with E-state index in [0.29, 0.717) is 16.8 Å². The van der Waals surface area contributed by atoms with Gasteiger partial charge >= 0.3 is 0 Å². The van der Waals surface area contributed by atoms with Crippen LogP contribution in [0.2, 0.25) is 5.02 Å². The minimum atomic E-state index is -3.58. The van der Waals surface area contributed by atoms with Crippen molar-refractivity contribution in [2.45, 2.75) is 49.5 Å². The third kappa shape index (κ3) is 5.42. The fourth-order valence-corrected chi connectivity index (χ4v) is 4.31. The van der Waals surface area contributed by atoms with Gasteiger partial charge in [0.1, 0.15) is 0 Å². The molecule has 1 saturated carbocycles. The number of anilines is 1. The van der Waals surface area contributed by atoms with E-state index in [1.165, 1.54) is 58.0 Å². The molecule has 0 spiro atoms. The predicted molar refractivity (Wildman–Crippen MR) is 105 cm³/mol. The summed E-state index contributed by atoms with van der Waals surface area (Å²) in [7, 11) is 1.30. The fraction of sp³-hybridized carbons (Fsp3) is 0.611. The van der Waals surface area contributed by atoms with Gasteiger partial charge in [0.15, 0.2) is 0 Å². The zero-order valence-corrected chi connectivity index (χ0v) is 17.2. The summed E-state index contributed by atoms with van der Waals surface area (Å²) in [5.74, 6) is -0.196. The van der Waals surface area contributed by atoms with E-state index in [9.17, 15) is 13.2 Å². The van der Waals surface area contributed by atoms with Crippen LogP contribution in [0.15, 0.2) is 23.1 Å². The molecule has 1 aliphatic rings. The lowest BCUT2D eigenvalue weighted by atomic mass is 10.1. The van der Waals surface area contributed by atoms with E-state index < -0.39 is 10.0 Å².